The van der Waals surface area contributed by atoms with Gasteiger partial charge in [0.2, 0.25) is 0 Å². The van der Waals surface area contributed by atoms with Gasteiger partial charge in [-0.2, -0.15) is 0 Å². The Hall–Kier alpha value is -6.00. The van der Waals surface area contributed by atoms with Crippen molar-refractivity contribution in [3.05, 3.63) is 151 Å². The van der Waals surface area contributed by atoms with Gasteiger partial charge in [0.1, 0.15) is 16.9 Å². The summed E-state index contributed by atoms with van der Waals surface area (Å²) in [6.45, 7) is 0. The molecule has 4 heteroatoms. The van der Waals surface area contributed by atoms with Crippen molar-refractivity contribution in [2.75, 3.05) is 5.32 Å². The molecule has 10 rings (SSSR count). The lowest BCUT2D eigenvalue weighted by molar-refractivity contribution is 0.260. The average Bonchev–Trinajstić information content (AvgIpc) is 3.80. The van der Waals surface area contributed by atoms with E-state index in [0.717, 1.165) is 50.2 Å². The van der Waals surface area contributed by atoms with Crippen molar-refractivity contribution in [2.24, 2.45) is 0 Å². The summed E-state index contributed by atoms with van der Waals surface area (Å²) in [4.78, 5) is 0. The average molecular weight is 579 g/mol. The van der Waals surface area contributed by atoms with Crippen LogP contribution in [0.2, 0.25) is 0 Å². The van der Waals surface area contributed by atoms with E-state index in [-0.39, 0.29) is 6.23 Å². The smallest absolute Gasteiger partial charge is 0.196 e. The third-order valence-corrected chi connectivity index (χ3v) is 9.24. The molecule has 0 saturated heterocycles. The second-order valence-electron chi connectivity index (χ2n) is 11.8. The first kappa shape index (κ1) is 24.4. The van der Waals surface area contributed by atoms with Crippen LogP contribution in [0.15, 0.2) is 150 Å². The van der Waals surface area contributed by atoms with Gasteiger partial charge in [-0.1, -0.05) is 109 Å². The number of hydrogen-bond donors (Lipinski definition) is 1. The molecule has 1 unspecified atom stereocenters. The number of nitrogens with one attached hydrogen (secondary N) is 1. The van der Waals surface area contributed by atoms with Gasteiger partial charge in [0.25, 0.3) is 0 Å². The lowest BCUT2D eigenvalue weighted by Gasteiger charge is -2.13. The highest BCUT2D eigenvalue weighted by molar-refractivity contribution is 6.19. The predicted octanol–water partition coefficient (Wildman–Crippen LogP) is 11.0. The number of para-hydroxylation sites is 2. The van der Waals surface area contributed by atoms with E-state index in [1.54, 1.807) is 0 Å². The van der Waals surface area contributed by atoms with Crippen molar-refractivity contribution in [3.63, 3.8) is 0 Å². The Kier molecular flexibility index (Phi) is 5.02. The SMILES string of the molecule is c1ccc(-n2c3cc(-c4ccc(C5Nc6c(ccc7oc8ccccc8c67)O5)cc4)ccc3c3ccc4ccccc4c32)cc1. The first-order valence-corrected chi connectivity index (χ1v) is 15.3. The fourth-order valence-corrected chi connectivity index (χ4v) is 7.13. The van der Waals surface area contributed by atoms with Gasteiger partial charge < -0.3 is 19.0 Å². The maximum absolute atomic E-state index is 6.40. The second kappa shape index (κ2) is 9.25. The highest BCUT2D eigenvalue weighted by Crippen LogP contribution is 2.46. The molecule has 9 aromatic rings. The lowest BCUT2D eigenvalue weighted by atomic mass is 10.0. The van der Waals surface area contributed by atoms with Crippen LogP contribution in [0, 0.1) is 0 Å². The predicted molar refractivity (Wildman–Crippen MR) is 184 cm³/mol. The molecule has 1 atom stereocenters. The van der Waals surface area contributed by atoms with Crippen LogP contribution in [0.5, 0.6) is 5.75 Å². The van der Waals surface area contributed by atoms with E-state index in [1.807, 2.05) is 30.3 Å². The van der Waals surface area contributed by atoms with Crippen LogP contribution in [-0.4, -0.2) is 4.57 Å². The number of aromatic nitrogens is 1. The Labute approximate surface area is 258 Å². The van der Waals surface area contributed by atoms with E-state index >= 15 is 0 Å². The number of benzene rings is 7. The Balaban J connectivity index is 1.06. The molecule has 7 aromatic carbocycles. The number of nitrogens with zero attached hydrogens (tertiary/aromatic N) is 1. The van der Waals surface area contributed by atoms with E-state index in [9.17, 15) is 0 Å². The molecule has 4 nitrogen and oxygen atoms in total. The number of rotatable bonds is 3. The molecule has 0 radical (unpaired) electrons. The van der Waals surface area contributed by atoms with Crippen molar-refractivity contribution in [1.29, 1.82) is 0 Å². The van der Waals surface area contributed by atoms with Gasteiger partial charge in [0, 0.05) is 32.8 Å². The quantitative estimate of drug-likeness (QED) is 0.227. The zero-order chi connectivity index (χ0) is 29.5. The molecule has 1 N–H and O–H groups in total. The number of fused-ring (bicyclic) bond motifs is 10. The first-order valence-electron chi connectivity index (χ1n) is 15.3. The standard InChI is InChI=1S/C41H26N2O2/c1-2-9-29(10-3-1)43-34-24-28(19-20-31(34)32-21-18-26-8-4-5-11-30(26)40(32)43)25-14-16-27(17-15-25)41-42-39-37(45-41)23-22-36-38(39)33-12-6-7-13-35(33)44-36/h1-24,41-42H. The molecule has 45 heavy (non-hydrogen) atoms. The van der Waals surface area contributed by atoms with Gasteiger partial charge in [-0.3, -0.25) is 0 Å². The fraction of sp³-hybridized carbons (Fsp3) is 0.0244. The third kappa shape index (κ3) is 3.60. The normalized spacial score (nSPS) is 14.4. The van der Waals surface area contributed by atoms with E-state index in [4.69, 9.17) is 9.15 Å². The van der Waals surface area contributed by atoms with Crippen LogP contribution in [-0.2, 0) is 0 Å². The van der Waals surface area contributed by atoms with Crippen LogP contribution in [0.4, 0.5) is 5.69 Å². The molecular formula is C41H26N2O2. The van der Waals surface area contributed by atoms with Gasteiger partial charge >= 0.3 is 0 Å². The molecule has 212 valence electrons. The second-order valence-corrected chi connectivity index (χ2v) is 11.8. The number of hydrogen-bond acceptors (Lipinski definition) is 3. The lowest BCUT2D eigenvalue weighted by Crippen LogP contribution is -2.09. The van der Waals surface area contributed by atoms with Crippen LogP contribution in [0.25, 0.3) is 71.3 Å². The number of ether oxygens (including phenoxy) is 1. The summed E-state index contributed by atoms with van der Waals surface area (Å²) >= 11 is 0. The van der Waals surface area contributed by atoms with Gasteiger partial charge in [-0.05, 0) is 52.9 Å². The van der Waals surface area contributed by atoms with Crippen LogP contribution >= 0.6 is 0 Å². The summed E-state index contributed by atoms with van der Waals surface area (Å²) in [7, 11) is 0. The number of furan rings is 1. The molecule has 1 aliphatic rings. The van der Waals surface area contributed by atoms with Crippen molar-refractivity contribution in [1.82, 2.24) is 4.57 Å². The van der Waals surface area contributed by atoms with Gasteiger partial charge in [0.15, 0.2) is 6.23 Å². The highest BCUT2D eigenvalue weighted by Gasteiger charge is 2.27. The first-order chi connectivity index (χ1) is 22.3. The Morgan fingerprint density at radius 2 is 1.31 bits per heavy atom. The number of anilines is 1. The van der Waals surface area contributed by atoms with Crippen molar-refractivity contribution in [2.45, 2.75) is 6.23 Å². The summed E-state index contributed by atoms with van der Waals surface area (Å²) in [5, 5.41) is 10.8. The highest BCUT2D eigenvalue weighted by atomic mass is 16.5. The van der Waals surface area contributed by atoms with Gasteiger partial charge in [0.05, 0.1) is 22.1 Å². The molecule has 1 aliphatic heterocycles. The zero-order valence-corrected chi connectivity index (χ0v) is 24.2. The summed E-state index contributed by atoms with van der Waals surface area (Å²) in [6, 6.07) is 51.5. The van der Waals surface area contributed by atoms with Crippen molar-refractivity contribution in [3.8, 4) is 22.6 Å². The topological polar surface area (TPSA) is 39.3 Å². The zero-order valence-electron chi connectivity index (χ0n) is 24.2. The third-order valence-electron chi connectivity index (χ3n) is 9.24. The maximum atomic E-state index is 6.40. The Morgan fingerprint density at radius 3 is 2.20 bits per heavy atom. The van der Waals surface area contributed by atoms with Crippen molar-refractivity contribution < 1.29 is 9.15 Å². The summed E-state index contributed by atoms with van der Waals surface area (Å²) in [6.07, 6.45) is -0.273. The summed E-state index contributed by atoms with van der Waals surface area (Å²) in [5.74, 6) is 0.842. The monoisotopic (exact) mass is 578 g/mol. The summed E-state index contributed by atoms with van der Waals surface area (Å²) in [5.41, 5.74) is 9.73. The van der Waals surface area contributed by atoms with Gasteiger partial charge in [-0.15, -0.1) is 0 Å². The molecule has 3 heterocycles. The molecule has 0 saturated carbocycles. The van der Waals surface area contributed by atoms with Crippen LogP contribution in [0.1, 0.15) is 11.8 Å². The fourth-order valence-electron chi connectivity index (χ4n) is 7.13. The molecule has 0 bridgehead atoms. The maximum Gasteiger partial charge on any atom is 0.196 e. The van der Waals surface area contributed by atoms with Crippen molar-refractivity contribution >= 4 is 60.2 Å². The Morgan fingerprint density at radius 1 is 0.556 bits per heavy atom. The van der Waals surface area contributed by atoms with Crippen LogP contribution in [0.3, 0.4) is 0 Å². The molecule has 0 aliphatic carbocycles. The minimum Gasteiger partial charge on any atom is -0.464 e. The van der Waals surface area contributed by atoms with E-state index in [0.29, 0.717) is 0 Å². The summed E-state index contributed by atoms with van der Waals surface area (Å²) < 4.78 is 14.9. The molecule has 2 aromatic heterocycles. The van der Waals surface area contributed by atoms with E-state index in [1.165, 1.54) is 38.1 Å². The largest absolute Gasteiger partial charge is 0.464 e. The Bertz CT molecular complexity index is 2590. The molecule has 0 fully saturated rings. The minimum atomic E-state index is -0.273. The van der Waals surface area contributed by atoms with Gasteiger partial charge in [-0.25, -0.2) is 0 Å². The molecule has 0 spiro atoms. The van der Waals surface area contributed by atoms with E-state index < -0.39 is 0 Å². The van der Waals surface area contributed by atoms with Crippen LogP contribution < -0.4 is 10.1 Å². The van der Waals surface area contributed by atoms with E-state index in [2.05, 4.69) is 125 Å². The minimum absolute atomic E-state index is 0.273. The molecular weight excluding hydrogens is 552 g/mol. The molecule has 0 amide bonds.